The van der Waals surface area contributed by atoms with E-state index in [1.165, 1.54) is 5.56 Å². The van der Waals surface area contributed by atoms with Gasteiger partial charge in [-0.25, -0.2) is 9.97 Å². The van der Waals surface area contributed by atoms with Crippen molar-refractivity contribution in [2.75, 3.05) is 0 Å². The van der Waals surface area contributed by atoms with E-state index in [4.69, 9.17) is 10.2 Å². The fourth-order valence-corrected chi connectivity index (χ4v) is 3.32. The van der Waals surface area contributed by atoms with Gasteiger partial charge in [-0.2, -0.15) is 5.26 Å². The van der Waals surface area contributed by atoms with Crippen LogP contribution in [-0.2, 0) is 17.8 Å². The van der Waals surface area contributed by atoms with Crippen LogP contribution in [0.2, 0.25) is 0 Å². The molecule has 0 aliphatic carbocycles. The Labute approximate surface area is 174 Å². The molecule has 0 fully saturated rings. The summed E-state index contributed by atoms with van der Waals surface area (Å²) in [5, 5.41) is 11.8. The largest absolute Gasteiger partial charge is 0.352 e. The van der Waals surface area contributed by atoms with Gasteiger partial charge in [0, 0.05) is 24.5 Å². The normalized spacial score (nSPS) is 10.7. The molecule has 6 nitrogen and oxygen atoms in total. The monoisotopic (exact) mass is 395 g/mol. The molecule has 30 heavy (non-hydrogen) atoms. The Morgan fingerprint density at radius 1 is 1.07 bits per heavy atom. The SMILES string of the molecule is Cc1ccc(-c2nc3ccc(C)cn3c2CC(=O)NCc2ccc(C#N)nc2)cc1. The van der Waals surface area contributed by atoms with Crippen LogP contribution in [0.25, 0.3) is 16.9 Å². The molecule has 6 heteroatoms. The van der Waals surface area contributed by atoms with E-state index in [0.717, 1.165) is 33.7 Å². The van der Waals surface area contributed by atoms with E-state index in [0.29, 0.717) is 12.2 Å². The standard InChI is InChI=1S/C24H21N5O/c1-16-3-7-19(8-4-16)24-21(29-15-17(2)5-10-22(29)28-24)11-23(30)27-14-18-6-9-20(12-25)26-13-18/h3-10,13,15H,11,14H2,1-2H3,(H,27,30). The zero-order chi connectivity index (χ0) is 21.1. The minimum Gasteiger partial charge on any atom is -0.352 e. The van der Waals surface area contributed by atoms with E-state index < -0.39 is 0 Å². The summed E-state index contributed by atoms with van der Waals surface area (Å²) in [6.07, 6.45) is 3.82. The van der Waals surface area contributed by atoms with Crippen molar-refractivity contribution in [2.45, 2.75) is 26.8 Å². The van der Waals surface area contributed by atoms with Crippen LogP contribution in [0.15, 0.2) is 60.9 Å². The average molecular weight is 395 g/mol. The van der Waals surface area contributed by atoms with Crippen molar-refractivity contribution in [3.63, 3.8) is 0 Å². The number of hydrogen-bond donors (Lipinski definition) is 1. The molecule has 0 bridgehead atoms. The van der Waals surface area contributed by atoms with Crippen LogP contribution in [0, 0.1) is 25.2 Å². The number of fused-ring (bicyclic) bond motifs is 1. The molecule has 1 amide bonds. The first-order valence-electron chi connectivity index (χ1n) is 9.70. The second kappa shape index (κ2) is 8.18. The number of carbonyl (C=O) groups excluding carboxylic acids is 1. The lowest BCUT2D eigenvalue weighted by Crippen LogP contribution is -2.25. The van der Waals surface area contributed by atoms with Crippen LogP contribution >= 0.6 is 0 Å². The number of nitriles is 1. The summed E-state index contributed by atoms with van der Waals surface area (Å²) in [5.41, 5.74) is 6.94. The smallest absolute Gasteiger partial charge is 0.226 e. The number of amides is 1. The van der Waals surface area contributed by atoms with Gasteiger partial charge in [0.2, 0.25) is 5.91 Å². The van der Waals surface area contributed by atoms with Gasteiger partial charge in [-0.15, -0.1) is 0 Å². The van der Waals surface area contributed by atoms with Crippen molar-refractivity contribution in [3.05, 3.63) is 89.0 Å². The maximum Gasteiger partial charge on any atom is 0.226 e. The van der Waals surface area contributed by atoms with Gasteiger partial charge >= 0.3 is 0 Å². The molecule has 3 heterocycles. The number of hydrogen-bond acceptors (Lipinski definition) is 4. The Hall–Kier alpha value is -3.98. The molecule has 0 unspecified atom stereocenters. The minimum absolute atomic E-state index is 0.101. The topological polar surface area (TPSA) is 83.1 Å². The fraction of sp³-hybridized carbons (Fsp3) is 0.167. The van der Waals surface area contributed by atoms with Crippen LogP contribution in [0.3, 0.4) is 0 Å². The van der Waals surface area contributed by atoms with Gasteiger partial charge in [0.1, 0.15) is 17.4 Å². The van der Waals surface area contributed by atoms with E-state index in [9.17, 15) is 4.79 Å². The summed E-state index contributed by atoms with van der Waals surface area (Å²) < 4.78 is 1.99. The van der Waals surface area contributed by atoms with Gasteiger partial charge in [0.15, 0.2) is 0 Å². The maximum absolute atomic E-state index is 12.7. The first-order chi connectivity index (χ1) is 14.5. The van der Waals surface area contributed by atoms with Crippen LogP contribution in [0.5, 0.6) is 0 Å². The number of aryl methyl sites for hydroxylation is 2. The van der Waals surface area contributed by atoms with E-state index in [1.807, 2.05) is 66.9 Å². The van der Waals surface area contributed by atoms with E-state index in [2.05, 4.69) is 10.3 Å². The highest BCUT2D eigenvalue weighted by molar-refractivity contribution is 5.81. The van der Waals surface area contributed by atoms with Crippen LogP contribution in [0.4, 0.5) is 0 Å². The van der Waals surface area contributed by atoms with Crippen molar-refractivity contribution in [1.29, 1.82) is 5.26 Å². The van der Waals surface area contributed by atoms with Crippen molar-refractivity contribution >= 4 is 11.6 Å². The number of pyridine rings is 2. The highest BCUT2D eigenvalue weighted by atomic mass is 16.1. The summed E-state index contributed by atoms with van der Waals surface area (Å²) >= 11 is 0. The number of imidazole rings is 1. The number of rotatable bonds is 5. The molecule has 0 spiro atoms. The van der Waals surface area contributed by atoms with Crippen molar-refractivity contribution in [1.82, 2.24) is 19.7 Å². The van der Waals surface area contributed by atoms with Crippen molar-refractivity contribution < 1.29 is 4.79 Å². The lowest BCUT2D eigenvalue weighted by atomic mass is 10.1. The molecular formula is C24H21N5O. The lowest BCUT2D eigenvalue weighted by Gasteiger charge is -2.08. The van der Waals surface area contributed by atoms with Crippen LogP contribution in [-0.4, -0.2) is 20.3 Å². The fourth-order valence-electron chi connectivity index (χ4n) is 3.32. The molecule has 1 aromatic carbocycles. The molecular weight excluding hydrogens is 374 g/mol. The van der Waals surface area contributed by atoms with E-state index in [1.54, 1.807) is 18.3 Å². The third kappa shape index (κ3) is 4.06. The van der Waals surface area contributed by atoms with Gasteiger partial charge in [0.05, 0.1) is 17.8 Å². The Bertz CT molecular complexity index is 1250. The number of benzene rings is 1. The second-order valence-corrected chi connectivity index (χ2v) is 7.32. The number of nitrogens with one attached hydrogen (secondary N) is 1. The number of aromatic nitrogens is 3. The lowest BCUT2D eigenvalue weighted by molar-refractivity contribution is -0.120. The van der Waals surface area contributed by atoms with Crippen molar-refractivity contribution in [3.8, 4) is 17.3 Å². The molecule has 1 N–H and O–H groups in total. The highest BCUT2D eigenvalue weighted by Crippen LogP contribution is 2.26. The summed E-state index contributed by atoms with van der Waals surface area (Å²) in [7, 11) is 0. The molecule has 0 radical (unpaired) electrons. The first-order valence-corrected chi connectivity index (χ1v) is 9.70. The van der Waals surface area contributed by atoms with Gasteiger partial charge in [0.25, 0.3) is 0 Å². The molecule has 0 saturated carbocycles. The van der Waals surface area contributed by atoms with Gasteiger partial charge in [-0.1, -0.05) is 42.0 Å². The van der Waals surface area contributed by atoms with Gasteiger partial charge in [-0.05, 0) is 37.1 Å². The zero-order valence-corrected chi connectivity index (χ0v) is 16.9. The first kappa shape index (κ1) is 19.3. The summed E-state index contributed by atoms with van der Waals surface area (Å²) in [4.78, 5) is 21.6. The zero-order valence-electron chi connectivity index (χ0n) is 16.9. The molecule has 3 aromatic heterocycles. The molecule has 148 valence electrons. The maximum atomic E-state index is 12.7. The van der Waals surface area contributed by atoms with E-state index >= 15 is 0 Å². The summed E-state index contributed by atoms with van der Waals surface area (Å²) in [6, 6.07) is 17.6. The predicted octanol–water partition coefficient (Wildman–Crippen LogP) is 3.74. The molecule has 0 aliphatic heterocycles. The third-order valence-electron chi connectivity index (χ3n) is 4.95. The minimum atomic E-state index is -0.101. The van der Waals surface area contributed by atoms with Gasteiger partial charge in [-0.3, -0.25) is 4.79 Å². The summed E-state index contributed by atoms with van der Waals surface area (Å²) in [5.74, 6) is -0.101. The second-order valence-electron chi connectivity index (χ2n) is 7.32. The quantitative estimate of drug-likeness (QED) is 0.558. The Morgan fingerprint density at radius 2 is 1.83 bits per heavy atom. The average Bonchev–Trinajstić information content (AvgIpc) is 3.10. The predicted molar refractivity (Wildman–Crippen MR) is 115 cm³/mol. The number of carbonyl (C=O) groups is 1. The Morgan fingerprint density at radius 3 is 2.53 bits per heavy atom. The summed E-state index contributed by atoms with van der Waals surface area (Å²) in [6.45, 7) is 4.42. The van der Waals surface area contributed by atoms with Crippen molar-refractivity contribution in [2.24, 2.45) is 0 Å². The van der Waals surface area contributed by atoms with Crippen LogP contribution in [0.1, 0.15) is 28.1 Å². The highest BCUT2D eigenvalue weighted by Gasteiger charge is 2.17. The van der Waals surface area contributed by atoms with E-state index in [-0.39, 0.29) is 12.3 Å². The molecule has 0 atom stereocenters. The van der Waals surface area contributed by atoms with Crippen LogP contribution < -0.4 is 5.32 Å². The molecule has 4 aromatic rings. The number of nitrogens with zero attached hydrogens (tertiary/aromatic N) is 4. The molecule has 0 saturated heterocycles. The van der Waals surface area contributed by atoms with Gasteiger partial charge < -0.3 is 9.72 Å². The Balaban J connectivity index is 1.60. The Kier molecular flexibility index (Phi) is 5.27. The molecule has 4 rings (SSSR count). The third-order valence-corrected chi connectivity index (χ3v) is 4.95. The molecule has 0 aliphatic rings.